The van der Waals surface area contributed by atoms with Gasteiger partial charge in [-0.25, -0.2) is 9.37 Å². The fraction of sp³-hybridized carbons (Fsp3) is 0.375. The monoisotopic (exact) mass is 317 g/mol. The lowest BCUT2D eigenvalue weighted by Gasteiger charge is -2.31. The Kier molecular flexibility index (Phi) is 4.66. The van der Waals surface area contributed by atoms with Crippen molar-refractivity contribution in [2.45, 2.75) is 25.5 Å². The summed E-state index contributed by atoms with van der Waals surface area (Å²) in [5, 5.41) is 11.4. The molecule has 0 N–H and O–H groups in total. The van der Waals surface area contributed by atoms with Crippen molar-refractivity contribution in [1.82, 2.24) is 9.88 Å². The molecule has 0 radical (unpaired) electrons. The Bertz CT molecular complexity index is 661. The number of aromatic nitrogens is 1. The molecule has 22 heavy (non-hydrogen) atoms. The van der Waals surface area contributed by atoms with Gasteiger partial charge in [0.25, 0.3) is 5.19 Å². The van der Waals surface area contributed by atoms with Crippen LogP contribution in [-0.2, 0) is 6.54 Å². The zero-order valence-electron chi connectivity index (χ0n) is 12.0. The zero-order valence-corrected chi connectivity index (χ0v) is 12.9. The Morgan fingerprint density at radius 2 is 2.23 bits per heavy atom. The number of piperidine rings is 1. The quantitative estimate of drug-likeness (QED) is 0.869. The molecular formula is C16H16FN3OS. The van der Waals surface area contributed by atoms with E-state index in [0.717, 1.165) is 31.1 Å². The molecule has 1 aliphatic heterocycles. The Morgan fingerprint density at radius 3 is 2.86 bits per heavy atom. The van der Waals surface area contributed by atoms with E-state index in [2.05, 4.69) is 9.88 Å². The molecule has 0 bridgehead atoms. The Hall–Kier alpha value is -1.97. The van der Waals surface area contributed by atoms with Crippen LogP contribution in [-0.4, -0.2) is 29.1 Å². The van der Waals surface area contributed by atoms with Gasteiger partial charge in [0, 0.05) is 36.8 Å². The number of hydrogen-bond donors (Lipinski definition) is 0. The zero-order chi connectivity index (χ0) is 15.4. The molecule has 1 saturated heterocycles. The van der Waals surface area contributed by atoms with E-state index in [1.54, 1.807) is 18.3 Å². The van der Waals surface area contributed by atoms with Gasteiger partial charge < -0.3 is 4.74 Å². The Morgan fingerprint density at radius 1 is 1.41 bits per heavy atom. The number of benzene rings is 1. The van der Waals surface area contributed by atoms with Gasteiger partial charge in [0.1, 0.15) is 11.9 Å². The molecule has 114 valence electrons. The van der Waals surface area contributed by atoms with Crippen LogP contribution in [0.2, 0.25) is 0 Å². The highest BCUT2D eigenvalue weighted by molar-refractivity contribution is 7.11. The minimum atomic E-state index is -0.305. The summed E-state index contributed by atoms with van der Waals surface area (Å²) in [6, 6.07) is 6.61. The van der Waals surface area contributed by atoms with E-state index in [4.69, 9.17) is 10.00 Å². The van der Waals surface area contributed by atoms with E-state index in [1.165, 1.54) is 17.4 Å². The van der Waals surface area contributed by atoms with Crippen LogP contribution in [0.25, 0.3) is 0 Å². The first-order valence-corrected chi connectivity index (χ1v) is 8.09. The van der Waals surface area contributed by atoms with Crippen molar-refractivity contribution in [1.29, 1.82) is 5.26 Å². The van der Waals surface area contributed by atoms with Crippen molar-refractivity contribution in [2.75, 3.05) is 13.1 Å². The van der Waals surface area contributed by atoms with Gasteiger partial charge in [-0.1, -0.05) is 17.4 Å². The molecule has 1 fully saturated rings. The summed E-state index contributed by atoms with van der Waals surface area (Å²) in [5.41, 5.74) is 0.995. The summed E-state index contributed by atoms with van der Waals surface area (Å²) in [6.45, 7) is 2.31. The molecular weight excluding hydrogens is 301 g/mol. The average molecular weight is 317 g/mol. The maximum absolute atomic E-state index is 13.9. The molecule has 0 unspecified atom stereocenters. The summed E-state index contributed by atoms with van der Waals surface area (Å²) in [4.78, 5) is 6.35. The highest BCUT2D eigenvalue weighted by Gasteiger charge is 2.22. The van der Waals surface area contributed by atoms with Crippen molar-refractivity contribution < 1.29 is 9.13 Å². The van der Waals surface area contributed by atoms with Crippen LogP contribution in [0.15, 0.2) is 29.8 Å². The maximum atomic E-state index is 13.9. The molecule has 0 spiro atoms. The topological polar surface area (TPSA) is 49.2 Å². The standard InChI is InChI=1S/C16H16FN3OS/c17-15-9-12(10-18)1-2-13(15)11-20-6-3-14(4-7-20)21-16-19-5-8-22-16/h1-2,5,8-9,14H,3-4,6-7,11H2. The van der Waals surface area contributed by atoms with Crippen molar-refractivity contribution in [2.24, 2.45) is 0 Å². The van der Waals surface area contributed by atoms with Crippen molar-refractivity contribution in [3.05, 3.63) is 46.7 Å². The molecule has 0 atom stereocenters. The van der Waals surface area contributed by atoms with Crippen LogP contribution < -0.4 is 4.74 Å². The molecule has 0 amide bonds. The summed E-state index contributed by atoms with van der Waals surface area (Å²) >= 11 is 1.50. The number of ether oxygens (including phenoxy) is 1. The van der Waals surface area contributed by atoms with E-state index in [0.29, 0.717) is 17.7 Å². The van der Waals surface area contributed by atoms with Crippen molar-refractivity contribution in [3.63, 3.8) is 0 Å². The van der Waals surface area contributed by atoms with E-state index >= 15 is 0 Å². The van der Waals surface area contributed by atoms with Crippen LogP contribution in [0, 0.1) is 17.1 Å². The van der Waals surface area contributed by atoms with Gasteiger partial charge >= 0.3 is 0 Å². The number of nitrogens with zero attached hydrogens (tertiary/aromatic N) is 3. The van der Waals surface area contributed by atoms with E-state index in [1.807, 2.05) is 11.4 Å². The first kappa shape index (κ1) is 14.9. The second kappa shape index (κ2) is 6.86. The van der Waals surface area contributed by atoms with Crippen molar-refractivity contribution >= 4 is 11.3 Å². The predicted molar refractivity (Wildman–Crippen MR) is 82.2 cm³/mol. The van der Waals surface area contributed by atoms with Gasteiger partial charge in [-0.15, -0.1) is 0 Å². The Labute approximate surface area is 132 Å². The molecule has 2 heterocycles. The number of thiazole rings is 1. The summed E-state index contributed by atoms with van der Waals surface area (Å²) in [7, 11) is 0. The maximum Gasteiger partial charge on any atom is 0.273 e. The minimum absolute atomic E-state index is 0.188. The van der Waals surface area contributed by atoms with Gasteiger partial charge in [-0.3, -0.25) is 4.90 Å². The molecule has 3 rings (SSSR count). The fourth-order valence-electron chi connectivity index (χ4n) is 2.58. The lowest BCUT2D eigenvalue weighted by molar-refractivity contribution is 0.0959. The Balaban J connectivity index is 1.52. The molecule has 1 aliphatic rings. The second-order valence-electron chi connectivity index (χ2n) is 5.31. The summed E-state index contributed by atoms with van der Waals surface area (Å²) in [6.07, 6.45) is 3.76. The van der Waals surface area contributed by atoms with Gasteiger partial charge in [-0.05, 0) is 25.0 Å². The molecule has 4 nitrogen and oxygen atoms in total. The number of nitriles is 1. The number of halogens is 1. The lowest BCUT2D eigenvalue weighted by Crippen LogP contribution is -2.37. The van der Waals surface area contributed by atoms with Gasteiger partial charge in [-0.2, -0.15) is 5.26 Å². The molecule has 1 aromatic heterocycles. The predicted octanol–water partition coefficient (Wildman–Crippen LogP) is 3.20. The SMILES string of the molecule is N#Cc1ccc(CN2CCC(Oc3nccs3)CC2)c(F)c1. The molecule has 6 heteroatoms. The molecule has 0 saturated carbocycles. The highest BCUT2D eigenvalue weighted by atomic mass is 32.1. The van der Waals surface area contributed by atoms with E-state index in [9.17, 15) is 4.39 Å². The number of likely N-dealkylation sites (tertiary alicyclic amines) is 1. The third-order valence-corrected chi connectivity index (χ3v) is 4.45. The fourth-order valence-corrected chi connectivity index (χ4v) is 3.13. The van der Waals surface area contributed by atoms with Crippen molar-refractivity contribution in [3.8, 4) is 11.3 Å². The average Bonchev–Trinajstić information content (AvgIpc) is 3.04. The van der Waals surface area contributed by atoms with Crippen LogP contribution in [0.4, 0.5) is 4.39 Å². The van der Waals surface area contributed by atoms with Crippen LogP contribution in [0.5, 0.6) is 5.19 Å². The largest absolute Gasteiger partial charge is 0.467 e. The van der Waals surface area contributed by atoms with Gasteiger partial charge in [0.15, 0.2) is 0 Å². The second-order valence-corrected chi connectivity index (χ2v) is 6.17. The highest BCUT2D eigenvalue weighted by Crippen LogP contribution is 2.22. The summed E-state index contributed by atoms with van der Waals surface area (Å²) in [5.74, 6) is -0.305. The first-order valence-electron chi connectivity index (χ1n) is 7.21. The smallest absolute Gasteiger partial charge is 0.273 e. The van der Waals surface area contributed by atoms with Crippen LogP contribution >= 0.6 is 11.3 Å². The van der Waals surface area contributed by atoms with E-state index in [-0.39, 0.29) is 11.9 Å². The van der Waals surface area contributed by atoms with E-state index < -0.39 is 0 Å². The summed E-state index contributed by atoms with van der Waals surface area (Å²) < 4.78 is 19.7. The molecule has 2 aromatic rings. The number of hydrogen-bond acceptors (Lipinski definition) is 5. The third-order valence-electron chi connectivity index (χ3n) is 3.79. The first-order chi connectivity index (χ1) is 10.7. The lowest BCUT2D eigenvalue weighted by atomic mass is 10.1. The third kappa shape index (κ3) is 3.62. The normalized spacial score (nSPS) is 16.4. The van der Waals surface area contributed by atoms with Crippen LogP contribution in [0.3, 0.4) is 0 Å². The molecule has 1 aromatic carbocycles. The number of rotatable bonds is 4. The van der Waals surface area contributed by atoms with Crippen LogP contribution in [0.1, 0.15) is 24.0 Å². The van der Waals surface area contributed by atoms with Gasteiger partial charge in [0.05, 0.1) is 11.6 Å². The minimum Gasteiger partial charge on any atom is -0.467 e. The molecule has 0 aliphatic carbocycles. The van der Waals surface area contributed by atoms with Gasteiger partial charge in [0.2, 0.25) is 0 Å².